The molecule has 0 amide bonds. The Bertz CT molecular complexity index is 353. The van der Waals surface area contributed by atoms with Gasteiger partial charge in [-0.3, -0.25) is 0 Å². The first-order chi connectivity index (χ1) is 9.29. The molecule has 1 N–H and O–H groups in total. The molecular weight excluding hydrogens is 236 g/mol. The van der Waals surface area contributed by atoms with Gasteiger partial charge in [0.05, 0.1) is 6.54 Å². The summed E-state index contributed by atoms with van der Waals surface area (Å²) in [6.07, 6.45) is 9.19. The number of aryl methyl sites for hydroxylation is 1. The number of likely N-dealkylation sites (tertiary alicyclic amines) is 1. The van der Waals surface area contributed by atoms with Gasteiger partial charge in [-0.25, -0.2) is 4.98 Å². The lowest BCUT2D eigenvalue weighted by molar-refractivity contribution is 0.211. The number of aromatic nitrogens is 2. The Morgan fingerprint density at radius 1 is 1.37 bits per heavy atom. The third kappa shape index (κ3) is 4.62. The van der Waals surface area contributed by atoms with Crippen LogP contribution in [0.1, 0.15) is 38.4 Å². The van der Waals surface area contributed by atoms with E-state index in [0.29, 0.717) is 0 Å². The molecule has 1 aromatic rings. The van der Waals surface area contributed by atoms with Crippen molar-refractivity contribution >= 4 is 0 Å². The Hall–Kier alpha value is -0.870. The van der Waals surface area contributed by atoms with Gasteiger partial charge in [-0.2, -0.15) is 0 Å². The van der Waals surface area contributed by atoms with Crippen molar-refractivity contribution in [2.75, 3.05) is 26.7 Å². The summed E-state index contributed by atoms with van der Waals surface area (Å²) in [5, 5.41) is 3.55. The van der Waals surface area contributed by atoms with Crippen molar-refractivity contribution in [1.29, 1.82) is 0 Å². The van der Waals surface area contributed by atoms with Crippen molar-refractivity contribution < 1.29 is 0 Å². The van der Waals surface area contributed by atoms with Gasteiger partial charge in [0.25, 0.3) is 0 Å². The highest BCUT2D eigenvalue weighted by atomic mass is 15.1. The maximum absolute atomic E-state index is 4.42. The Morgan fingerprint density at radius 3 is 2.89 bits per heavy atom. The molecule has 0 aliphatic carbocycles. The molecule has 19 heavy (non-hydrogen) atoms. The molecule has 0 spiro atoms. The smallest absolute Gasteiger partial charge is 0.122 e. The maximum Gasteiger partial charge on any atom is 0.122 e. The highest BCUT2D eigenvalue weighted by Gasteiger charge is 2.15. The first-order valence-electron chi connectivity index (χ1n) is 7.69. The van der Waals surface area contributed by atoms with Crippen LogP contribution in [0.15, 0.2) is 12.4 Å². The van der Waals surface area contributed by atoms with E-state index >= 15 is 0 Å². The van der Waals surface area contributed by atoms with Crippen LogP contribution >= 0.6 is 0 Å². The molecule has 1 aromatic heterocycles. The van der Waals surface area contributed by atoms with Crippen molar-refractivity contribution in [1.82, 2.24) is 19.8 Å². The molecule has 4 heteroatoms. The molecule has 4 nitrogen and oxygen atoms in total. The van der Waals surface area contributed by atoms with Gasteiger partial charge < -0.3 is 14.8 Å². The van der Waals surface area contributed by atoms with Crippen LogP contribution in [-0.2, 0) is 13.1 Å². The lowest BCUT2D eigenvalue weighted by Gasteiger charge is -2.28. The van der Waals surface area contributed by atoms with Gasteiger partial charge in [-0.1, -0.05) is 6.92 Å². The zero-order valence-corrected chi connectivity index (χ0v) is 12.4. The van der Waals surface area contributed by atoms with Crippen molar-refractivity contribution in [2.24, 2.45) is 5.92 Å². The molecule has 0 saturated carbocycles. The Morgan fingerprint density at radius 2 is 2.16 bits per heavy atom. The lowest BCUT2D eigenvalue weighted by Crippen LogP contribution is -2.31. The van der Waals surface area contributed by atoms with Gasteiger partial charge in [0, 0.05) is 18.9 Å². The Balaban J connectivity index is 1.62. The quantitative estimate of drug-likeness (QED) is 0.766. The molecule has 1 aliphatic heterocycles. The second-order valence-corrected chi connectivity index (χ2v) is 5.75. The van der Waals surface area contributed by atoms with Crippen LogP contribution in [0, 0.1) is 5.92 Å². The Labute approximate surface area is 117 Å². The maximum atomic E-state index is 4.42. The van der Waals surface area contributed by atoms with E-state index in [4.69, 9.17) is 0 Å². The van der Waals surface area contributed by atoms with E-state index in [1.54, 1.807) is 0 Å². The van der Waals surface area contributed by atoms with Crippen molar-refractivity contribution in [2.45, 2.75) is 45.7 Å². The highest BCUT2D eigenvalue weighted by Crippen LogP contribution is 2.18. The zero-order chi connectivity index (χ0) is 13.5. The lowest BCUT2D eigenvalue weighted by atomic mass is 9.94. The normalized spacial score (nSPS) is 18.0. The summed E-state index contributed by atoms with van der Waals surface area (Å²) in [5.74, 6) is 2.09. The summed E-state index contributed by atoms with van der Waals surface area (Å²) in [7, 11) is 2.22. The molecule has 0 aromatic carbocycles. The standard InChI is InChI=1S/C15H28N4/c1-3-9-19-12-8-17-15(19)13-16-7-4-14-5-10-18(2)11-6-14/h8,12,14,16H,3-7,9-11,13H2,1-2H3. The molecule has 0 bridgehead atoms. The first kappa shape index (κ1) is 14.5. The molecule has 0 atom stereocenters. The molecular formula is C15H28N4. The van der Waals surface area contributed by atoms with E-state index in [1.165, 1.54) is 44.6 Å². The number of nitrogens with one attached hydrogen (secondary N) is 1. The summed E-state index contributed by atoms with van der Waals surface area (Å²) in [6.45, 7) is 7.84. The minimum Gasteiger partial charge on any atom is -0.334 e. The van der Waals surface area contributed by atoms with Crippen LogP contribution < -0.4 is 5.32 Å². The molecule has 108 valence electrons. The topological polar surface area (TPSA) is 33.1 Å². The van der Waals surface area contributed by atoms with E-state index in [0.717, 1.165) is 25.6 Å². The van der Waals surface area contributed by atoms with E-state index in [2.05, 4.69) is 39.9 Å². The second-order valence-electron chi connectivity index (χ2n) is 5.75. The van der Waals surface area contributed by atoms with Crippen LogP contribution in [0.3, 0.4) is 0 Å². The number of hydrogen-bond donors (Lipinski definition) is 1. The molecule has 1 fully saturated rings. The zero-order valence-electron chi connectivity index (χ0n) is 12.4. The third-order valence-corrected chi connectivity index (χ3v) is 4.12. The van der Waals surface area contributed by atoms with Gasteiger partial charge >= 0.3 is 0 Å². The largest absolute Gasteiger partial charge is 0.334 e. The SMILES string of the molecule is CCCn1ccnc1CNCCC1CCN(C)CC1. The van der Waals surface area contributed by atoms with Crippen LogP contribution in [0.2, 0.25) is 0 Å². The van der Waals surface area contributed by atoms with Crippen molar-refractivity contribution in [3.63, 3.8) is 0 Å². The van der Waals surface area contributed by atoms with Crippen molar-refractivity contribution in [3.05, 3.63) is 18.2 Å². The predicted octanol–water partition coefficient (Wildman–Crippen LogP) is 2.11. The number of hydrogen-bond acceptors (Lipinski definition) is 3. The summed E-state index contributed by atoms with van der Waals surface area (Å²) in [4.78, 5) is 6.86. The van der Waals surface area contributed by atoms with Crippen molar-refractivity contribution in [3.8, 4) is 0 Å². The molecule has 0 unspecified atom stereocenters. The molecule has 0 radical (unpaired) electrons. The molecule has 2 heterocycles. The summed E-state index contributed by atoms with van der Waals surface area (Å²) in [5.41, 5.74) is 0. The van der Waals surface area contributed by atoms with Gasteiger partial charge in [-0.05, 0) is 58.3 Å². The fourth-order valence-corrected chi connectivity index (χ4v) is 2.81. The molecule has 1 aliphatic rings. The molecule has 2 rings (SSSR count). The summed E-state index contributed by atoms with van der Waals surface area (Å²) >= 11 is 0. The second kappa shape index (κ2) is 7.65. The van der Waals surface area contributed by atoms with Crippen LogP contribution in [0.25, 0.3) is 0 Å². The Kier molecular flexibility index (Phi) is 5.86. The van der Waals surface area contributed by atoms with E-state index in [9.17, 15) is 0 Å². The minimum atomic E-state index is 0.902. The van der Waals surface area contributed by atoms with Gasteiger partial charge in [0.1, 0.15) is 5.82 Å². The number of piperidine rings is 1. The van der Waals surface area contributed by atoms with Gasteiger partial charge in [0.15, 0.2) is 0 Å². The van der Waals surface area contributed by atoms with Gasteiger partial charge in [0.2, 0.25) is 0 Å². The van der Waals surface area contributed by atoms with E-state index < -0.39 is 0 Å². The third-order valence-electron chi connectivity index (χ3n) is 4.12. The predicted molar refractivity (Wildman–Crippen MR) is 79.1 cm³/mol. The van der Waals surface area contributed by atoms with Gasteiger partial charge in [-0.15, -0.1) is 0 Å². The van der Waals surface area contributed by atoms with Crippen LogP contribution in [-0.4, -0.2) is 41.1 Å². The average Bonchev–Trinajstić information content (AvgIpc) is 2.85. The summed E-state index contributed by atoms with van der Waals surface area (Å²) in [6, 6.07) is 0. The number of rotatable bonds is 7. The summed E-state index contributed by atoms with van der Waals surface area (Å²) < 4.78 is 2.25. The van der Waals surface area contributed by atoms with Crippen LogP contribution in [0.5, 0.6) is 0 Å². The minimum absolute atomic E-state index is 0.902. The van der Waals surface area contributed by atoms with E-state index in [-0.39, 0.29) is 0 Å². The average molecular weight is 264 g/mol. The monoisotopic (exact) mass is 264 g/mol. The number of nitrogens with zero attached hydrogens (tertiary/aromatic N) is 3. The fraction of sp³-hybridized carbons (Fsp3) is 0.800. The first-order valence-corrected chi connectivity index (χ1v) is 7.69. The van der Waals surface area contributed by atoms with E-state index in [1.807, 2.05) is 6.20 Å². The fourth-order valence-electron chi connectivity index (χ4n) is 2.81. The molecule has 1 saturated heterocycles. The highest BCUT2D eigenvalue weighted by molar-refractivity contribution is 4.91. The number of imidazole rings is 1. The van der Waals surface area contributed by atoms with Crippen LogP contribution in [0.4, 0.5) is 0 Å².